The van der Waals surface area contributed by atoms with Gasteiger partial charge in [0.2, 0.25) is 0 Å². The summed E-state index contributed by atoms with van der Waals surface area (Å²) in [6.45, 7) is 6.12. The van der Waals surface area contributed by atoms with Crippen molar-refractivity contribution in [1.29, 1.82) is 0 Å². The van der Waals surface area contributed by atoms with Crippen LogP contribution in [-0.4, -0.2) is 4.98 Å². The molecule has 0 radical (unpaired) electrons. The van der Waals surface area contributed by atoms with Crippen molar-refractivity contribution in [2.24, 2.45) is 0 Å². The maximum absolute atomic E-state index is 11.6. The molecule has 0 saturated carbocycles. The van der Waals surface area contributed by atoms with Gasteiger partial charge in [-0.3, -0.25) is 4.79 Å². The van der Waals surface area contributed by atoms with Gasteiger partial charge in [0.1, 0.15) is 0 Å². The van der Waals surface area contributed by atoms with Crippen LogP contribution < -0.4 is 5.56 Å². The number of hydrogen-bond donors (Lipinski definition) is 1. The summed E-state index contributed by atoms with van der Waals surface area (Å²) in [4.78, 5) is 14.3. The molecular weight excluding hydrogens is 174 g/mol. The van der Waals surface area contributed by atoms with Gasteiger partial charge in [-0.25, -0.2) is 0 Å². The molecule has 1 aromatic carbocycles. The molecule has 1 heterocycles. The molecule has 0 bridgehead atoms. The number of fused-ring (bicyclic) bond motifs is 1. The third kappa shape index (κ3) is 1.15. The smallest absolute Gasteiger partial charge is 0.256 e. The minimum Gasteiger partial charge on any atom is -0.329 e. The molecule has 2 nitrogen and oxygen atoms in total. The van der Waals surface area contributed by atoms with E-state index in [2.05, 4.69) is 24.9 Å². The maximum atomic E-state index is 11.6. The van der Waals surface area contributed by atoms with E-state index in [0.29, 0.717) is 0 Å². The maximum Gasteiger partial charge on any atom is 0.256 e. The molecular formula is C12H13NO. The Kier molecular flexibility index (Phi) is 1.92. The number of aryl methyl sites for hydroxylation is 2. The molecule has 0 aliphatic rings. The molecule has 0 unspecified atom stereocenters. The van der Waals surface area contributed by atoms with E-state index in [1.165, 1.54) is 11.1 Å². The first-order valence-corrected chi connectivity index (χ1v) is 4.69. The molecule has 1 N–H and O–H groups in total. The molecule has 72 valence electrons. The lowest BCUT2D eigenvalue weighted by Crippen LogP contribution is -2.07. The molecule has 0 aliphatic heterocycles. The van der Waals surface area contributed by atoms with Crippen LogP contribution in [0.1, 0.15) is 16.7 Å². The lowest BCUT2D eigenvalue weighted by atomic mass is 9.98. The predicted molar refractivity (Wildman–Crippen MR) is 58.8 cm³/mol. The minimum absolute atomic E-state index is 0.00287. The van der Waals surface area contributed by atoms with E-state index in [0.717, 1.165) is 16.3 Å². The highest BCUT2D eigenvalue weighted by Crippen LogP contribution is 2.20. The second-order valence-corrected chi connectivity index (χ2v) is 3.71. The monoisotopic (exact) mass is 187 g/mol. The number of pyridine rings is 1. The van der Waals surface area contributed by atoms with Crippen molar-refractivity contribution >= 4 is 10.8 Å². The van der Waals surface area contributed by atoms with Crippen LogP contribution in [0.4, 0.5) is 0 Å². The third-order valence-electron chi connectivity index (χ3n) is 2.89. The zero-order valence-corrected chi connectivity index (χ0v) is 8.64. The van der Waals surface area contributed by atoms with Crippen LogP contribution in [0.2, 0.25) is 0 Å². The van der Waals surface area contributed by atoms with Gasteiger partial charge in [0.15, 0.2) is 0 Å². The molecule has 0 atom stereocenters. The molecule has 0 amide bonds. The van der Waals surface area contributed by atoms with Gasteiger partial charge in [-0.05, 0) is 48.9 Å². The zero-order valence-electron chi connectivity index (χ0n) is 8.64. The molecule has 2 aromatic rings. The number of aromatic amines is 1. The van der Waals surface area contributed by atoms with Crippen LogP contribution in [0.15, 0.2) is 23.1 Å². The summed E-state index contributed by atoms with van der Waals surface area (Å²) in [5.74, 6) is 0. The van der Waals surface area contributed by atoms with E-state index < -0.39 is 0 Å². The lowest BCUT2D eigenvalue weighted by molar-refractivity contribution is 1.24. The van der Waals surface area contributed by atoms with Crippen LogP contribution in [0, 0.1) is 20.8 Å². The van der Waals surface area contributed by atoms with Crippen molar-refractivity contribution in [3.05, 3.63) is 45.4 Å². The van der Waals surface area contributed by atoms with Crippen LogP contribution in [0.5, 0.6) is 0 Å². The molecule has 0 fully saturated rings. The van der Waals surface area contributed by atoms with Gasteiger partial charge in [0.25, 0.3) is 5.56 Å². The molecule has 1 aromatic heterocycles. The lowest BCUT2D eigenvalue weighted by Gasteiger charge is -2.07. The van der Waals surface area contributed by atoms with Crippen LogP contribution >= 0.6 is 0 Å². The third-order valence-corrected chi connectivity index (χ3v) is 2.89. The Hall–Kier alpha value is -1.57. The van der Waals surface area contributed by atoms with E-state index >= 15 is 0 Å². The van der Waals surface area contributed by atoms with Gasteiger partial charge in [0.05, 0.1) is 5.39 Å². The average Bonchev–Trinajstić information content (AvgIpc) is 2.14. The normalized spacial score (nSPS) is 10.8. The second kappa shape index (κ2) is 2.98. The van der Waals surface area contributed by atoms with E-state index in [1.807, 2.05) is 13.0 Å². The molecule has 0 aliphatic carbocycles. The number of H-pyrrole nitrogens is 1. The molecule has 14 heavy (non-hydrogen) atoms. The number of nitrogens with one attached hydrogen (secondary N) is 1. The van der Waals surface area contributed by atoms with Gasteiger partial charge < -0.3 is 4.98 Å². The Balaban J connectivity index is 3.07. The van der Waals surface area contributed by atoms with Gasteiger partial charge in [-0.2, -0.15) is 0 Å². The van der Waals surface area contributed by atoms with Crippen LogP contribution in [0.25, 0.3) is 10.8 Å². The number of hydrogen-bond acceptors (Lipinski definition) is 1. The van der Waals surface area contributed by atoms with Crippen molar-refractivity contribution in [3.63, 3.8) is 0 Å². The van der Waals surface area contributed by atoms with Crippen molar-refractivity contribution < 1.29 is 0 Å². The number of rotatable bonds is 0. The predicted octanol–water partition coefficient (Wildman–Crippen LogP) is 2.45. The zero-order chi connectivity index (χ0) is 10.3. The molecule has 2 rings (SSSR count). The first kappa shape index (κ1) is 9.00. The Bertz CT molecular complexity index is 552. The van der Waals surface area contributed by atoms with Gasteiger partial charge >= 0.3 is 0 Å². The summed E-state index contributed by atoms with van der Waals surface area (Å²) in [7, 11) is 0. The summed E-state index contributed by atoms with van der Waals surface area (Å²) >= 11 is 0. The highest BCUT2D eigenvalue weighted by Gasteiger charge is 2.06. The number of benzene rings is 1. The largest absolute Gasteiger partial charge is 0.329 e. The minimum atomic E-state index is 0.00287. The van der Waals surface area contributed by atoms with E-state index in [1.54, 1.807) is 6.20 Å². The Labute approximate surface area is 82.6 Å². The molecule has 2 heteroatoms. The molecule has 0 saturated heterocycles. The van der Waals surface area contributed by atoms with Crippen LogP contribution in [0.3, 0.4) is 0 Å². The number of aromatic nitrogens is 1. The Morgan fingerprint density at radius 3 is 2.57 bits per heavy atom. The summed E-state index contributed by atoms with van der Waals surface area (Å²) in [5.41, 5.74) is 3.53. The summed E-state index contributed by atoms with van der Waals surface area (Å²) in [6, 6.07) is 4.00. The fourth-order valence-electron chi connectivity index (χ4n) is 1.83. The first-order valence-electron chi connectivity index (χ1n) is 4.69. The van der Waals surface area contributed by atoms with Gasteiger partial charge in [-0.15, -0.1) is 0 Å². The second-order valence-electron chi connectivity index (χ2n) is 3.71. The highest BCUT2D eigenvalue weighted by atomic mass is 16.1. The summed E-state index contributed by atoms with van der Waals surface area (Å²) < 4.78 is 0. The van der Waals surface area contributed by atoms with Crippen molar-refractivity contribution in [3.8, 4) is 0 Å². The SMILES string of the molecule is Cc1cc2cc[nH]c(=O)c2c(C)c1C. The molecule has 0 spiro atoms. The van der Waals surface area contributed by atoms with Gasteiger partial charge in [0, 0.05) is 6.20 Å². The fourth-order valence-corrected chi connectivity index (χ4v) is 1.83. The topological polar surface area (TPSA) is 32.9 Å². The highest BCUT2D eigenvalue weighted by molar-refractivity contribution is 5.86. The van der Waals surface area contributed by atoms with Gasteiger partial charge in [-0.1, -0.05) is 6.07 Å². The standard InChI is InChI=1S/C12H13NO/c1-7-6-10-4-5-13-12(14)11(10)9(3)8(7)2/h4-6H,1-3H3,(H,13,14). The first-order chi connectivity index (χ1) is 6.61. The van der Waals surface area contributed by atoms with Crippen molar-refractivity contribution in [2.45, 2.75) is 20.8 Å². The summed E-state index contributed by atoms with van der Waals surface area (Å²) in [6.07, 6.45) is 1.69. The van der Waals surface area contributed by atoms with E-state index in [9.17, 15) is 4.79 Å². The van der Waals surface area contributed by atoms with Crippen molar-refractivity contribution in [2.75, 3.05) is 0 Å². The van der Waals surface area contributed by atoms with Crippen LogP contribution in [-0.2, 0) is 0 Å². The Morgan fingerprint density at radius 2 is 1.86 bits per heavy atom. The van der Waals surface area contributed by atoms with E-state index in [-0.39, 0.29) is 5.56 Å². The van der Waals surface area contributed by atoms with E-state index in [4.69, 9.17) is 0 Å². The summed E-state index contributed by atoms with van der Waals surface area (Å²) in [5, 5.41) is 1.84. The quantitative estimate of drug-likeness (QED) is 0.675. The fraction of sp³-hybridized carbons (Fsp3) is 0.250. The Morgan fingerprint density at radius 1 is 1.14 bits per heavy atom. The average molecular weight is 187 g/mol. The van der Waals surface area contributed by atoms with Crippen molar-refractivity contribution in [1.82, 2.24) is 4.98 Å².